The summed E-state index contributed by atoms with van der Waals surface area (Å²) in [5.74, 6) is -0.974. The molecule has 0 saturated heterocycles. The summed E-state index contributed by atoms with van der Waals surface area (Å²) in [6.07, 6.45) is 2.57. The number of rotatable bonds is 2. The van der Waals surface area contributed by atoms with Crippen LogP contribution in [0.3, 0.4) is 0 Å². The highest BCUT2D eigenvalue weighted by molar-refractivity contribution is 5.88. The third kappa shape index (κ3) is 2.53. The number of carboxylic acids is 1. The third-order valence-corrected chi connectivity index (χ3v) is 4.80. The smallest absolute Gasteiger partial charge is 0.335 e. The van der Waals surface area contributed by atoms with E-state index in [0.29, 0.717) is 11.3 Å². The van der Waals surface area contributed by atoms with E-state index in [1.54, 1.807) is 12.1 Å². The standard InChI is InChI=1S/C20H13N3O3.ClH/c24-19-18-21-15(11-5-7-12(8-6-11)20(25)26)10-23(18)16-9-13-3-1-2-4-14(13)17(16)22-19;/h1-8,10H,9H2,(H,22,24)(H,25,26);1H. The maximum Gasteiger partial charge on any atom is 0.335 e. The number of carbonyl (C=O) groups is 1. The van der Waals surface area contributed by atoms with E-state index in [1.165, 1.54) is 17.7 Å². The van der Waals surface area contributed by atoms with Gasteiger partial charge in [0.25, 0.3) is 5.56 Å². The van der Waals surface area contributed by atoms with Crippen LogP contribution in [-0.4, -0.2) is 25.4 Å². The minimum atomic E-state index is -0.974. The molecule has 6 nitrogen and oxygen atoms in total. The molecule has 2 N–H and O–H groups in total. The van der Waals surface area contributed by atoms with Gasteiger partial charge in [-0.1, -0.05) is 36.4 Å². The zero-order valence-corrected chi connectivity index (χ0v) is 14.8. The molecule has 2 aromatic heterocycles. The van der Waals surface area contributed by atoms with Crippen molar-refractivity contribution >= 4 is 24.0 Å². The van der Waals surface area contributed by atoms with Gasteiger partial charge in [0.2, 0.25) is 5.65 Å². The van der Waals surface area contributed by atoms with Gasteiger partial charge in [-0.3, -0.25) is 9.20 Å². The molecular formula is C20H14ClN3O3. The summed E-state index contributed by atoms with van der Waals surface area (Å²) in [6.45, 7) is 0. The predicted octanol–water partition coefficient (Wildman–Crippen LogP) is 3.38. The second-order valence-corrected chi connectivity index (χ2v) is 6.31. The second kappa shape index (κ2) is 6.10. The molecule has 5 rings (SSSR count). The van der Waals surface area contributed by atoms with Gasteiger partial charge < -0.3 is 10.1 Å². The van der Waals surface area contributed by atoms with Crippen molar-refractivity contribution in [2.45, 2.75) is 6.42 Å². The van der Waals surface area contributed by atoms with Crippen molar-refractivity contribution in [3.05, 3.63) is 81.9 Å². The summed E-state index contributed by atoms with van der Waals surface area (Å²) in [4.78, 5) is 31.0. The van der Waals surface area contributed by atoms with E-state index >= 15 is 0 Å². The van der Waals surface area contributed by atoms with E-state index in [4.69, 9.17) is 5.11 Å². The Kier molecular flexibility index (Phi) is 3.86. The summed E-state index contributed by atoms with van der Waals surface area (Å²) in [7, 11) is 0. The molecule has 0 fully saturated rings. The number of aromatic amines is 1. The first kappa shape index (κ1) is 17.1. The number of benzene rings is 2. The van der Waals surface area contributed by atoms with Gasteiger partial charge in [0.1, 0.15) is 0 Å². The largest absolute Gasteiger partial charge is 0.478 e. The Labute approximate surface area is 159 Å². The van der Waals surface area contributed by atoms with Gasteiger partial charge in [-0.2, -0.15) is 0 Å². The van der Waals surface area contributed by atoms with E-state index in [0.717, 1.165) is 28.9 Å². The van der Waals surface area contributed by atoms with Gasteiger partial charge >= 0.3 is 5.97 Å². The lowest BCUT2D eigenvalue weighted by atomic mass is 10.1. The number of hydrogen-bond acceptors (Lipinski definition) is 3. The number of fused-ring (bicyclic) bond motifs is 5. The second-order valence-electron chi connectivity index (χ2n) is 6.31. The molecule has 0 bridgehead atoms. The fraction of sp³-hybridized carbons (Fsp3) is 0.0500. The first-order valence-corrected chi connectivity index (χ1v) is 8.18. The molecule has 4 aromatic rings. The van der Waals surface area contributed by atoms with E-state index in [1.807, 2.05) is 28.8 Å². The van der Waals surface area contributed by atoms with Crippen LogP contribution in [0.2, 0.25) is 0 Å². The molecule has 1 aliphatic rings. The Morgan fingerprint density at radius 3 is 2.59 bits per heavy atom. The minimum Gasteiger partial charge on any atom is -0.478 e. The summed E-state index contributed by atoms with van der Waals surface area (Å²) in [5.41, 5.74) is 5.77. The minimum absolute atomic E-state index is 0. The molecule has 0 unspecified atom stereocenters. The molecule has 2 heterocycles. The average Bonchev–Trinajstić information content (AvgIpc) is 3.24. The van der Waals surface area contributed by atoms with E-state index in [-0.39, 0.29) is 23.5 Å². The van der Waals surface area contributed by atoms with Crippen molar-refractivity contribution in [3.8, 4) is 22.5 Å². The Balaban J connectivity index is 0.00000180. The van der Waals surface area contributed by atoms with Crippen LogP contribution < -0.4 is 5.56 Å². The van der Waals surface area contributed by atoms with Crippen LogP contribution in [-0.2, 0) is 6.42 Å². The highest BCUT2D eigenvalue weighted by Crippen LogP contribution is 2.34. The van der Waals surface area contributed by atoms with Gasteiger partial charge in [-0.25, -0.2) is 9.78 Å². The first-order valence-electron chi connectivity index (χ1n) is 8.18. The van der Waals surface area contributed by atoms with Gasteiger partial charge in [-0.15, -0.1) is 12.4 Å². The molecule has 0 amide bonds. The topological polar surface area (TPSA) is 87.5 Å². The maximum atomic E-state index is 12.5. The fourth-order valence-electron chi connectivity index (χ4n) is 3.53. The molecule has 0 spiro atoms. The number of nitrogens with one attached hydrogen (secondary N) is 1. The van der Waals surface area contributed by atoms with Gasteiger partial charge in [0.05, 0.1) is 22.6 Å². The maximum absolute atomic E-state index is 12.5. The van der Waals surface area contributed by atoms with Crippen LogP contribution in [0.4, 0.5) is 0 Å². The summed E-state index contributed by atoms with van der Waals surface area (Å²) in [5, 5.41) is 9.02. The number of hydrogen-bond donors (Lipinski definition) is 2. The number of H-pyrrole nitrogens is 1. The lowest BCUT2D eigenvalue weighted by molar-refractivity contribution is 0.0697. The quantitative estimate of drug-likeness (QED) is 0.492. The van der Waals surface area contributed by atoms with Crippen LogP contribution >= 0.6 is 12.4 Å². The van der Waals surface area contributed by atoms with Gasteiger partial charge in [0, 0.05) is 23.7 Å². The van der Waals surface area contributed by atoms with Crippen molar-refractivity contribution in [2.24, 2.45) is 0 Å². The van der Waals surface area contributed by atoms with Crippen LogP contribution in [0.5, 0.6) is 0 Å². The lowest BCUT2D eigenvalue weighted by Gasteiger charge is -2.03. The molecule has 27 heavy (non-hydrogen) atoms. The van der Waals surface area contributed by atoms with Crippen molar-refractivity contribution in [2.75, 3.05) is 0 Å². The van der Waals surface area contributed by atoms with Crippen LogP contribution in [0.1, 0.15) is 21.6 Å². The van der Waals surface area contributed by atoms with E-state index < -0.39 is 5.97 Å². The average molecular weight is 380 g/mol. The number of aromatic carboxylic acids is 1. The SMILES string of the molecule is Cl.O=C(O)c1ccc(-c2cn3c4c([nH]c(=O)c3n2)-c2ccccc2C4)cc1. The van der Waals surface area contributed by atoms with Crippen LogP contribution in [0, 0.1) is 0 Å². The molecule has 0 aliphatic heterocycles. The van der Waals surface area contributed by atoms with Crippen molar-refractivity contribution in [1.29, 1.82) is 0 Å². The molecule has 7 heteroatoms. The van der Waals surface area contributed by atoms with E-state index in [9.17, 15) is 9.59 Å². The number of imidazole rings is 1. The monoisotopic (exact) mass is 379 g/mol. The summed E-state index contributed by atoms with van der Waals surface area (Å²) in [6, 6.07) is 14.5. The number of carboxylic acid groups (broad SMARTS) is 1. The Bertz CT molecular complexity index is 1260. The normalized spacial score (nSPS) is 11.7. The number of halogens is 1. The highest BCUT2D eigenvalue weighted by atomic mass is 35.5. The van der Waals surface area contributed by atoms with Crippen LogP contribution in [0.25, 0.3) is 28.2 Å². The highest BCUT2D eigenvalue weighted by Gasteiger charge is 2.23. The zero-order chi connectivity index (χ0) is 17.8. The molecule has 0 radical (unpaired) electrons. The third-order valence-electron chi connectivity index (χ3n) is 4.80. The Morgan fingerprint density at radius 1 is 1.11 bits per heavy atom. The number of aromatic nitrogens is 3. The molecule has 2 aromatic carbocycles. The Morgan fingerprint density at radius 2 is 1.85 bits per heavy atom. The zero-order valence-electron chi connectivity index (χ0n) is 14.0. The predicted molar refractivity (Wildman–Crippen MR) is 104 cm³/mol. The Hall–Kier alpha value is -3.38. The van der Waals surface area contributed by atoms with Gasteiger partial charge in [0.15, 0.2) is 0 Å². The van der Waals surface area contributed by atoms with Crippen molar-refractivity contribution in [1.82, 2.24) is 14.4 Å². The molecule has 134 valence electrons. The first-order chi connectivity index (χ1) is 12.6. The van der Waals surface area contributed by atoms with Gasteiger partial charge in [-0.05, 0) is 17.7 Å². The summed E-state index contributed by atoms with van der Waals surface area (Å²) >= 11 is 0. The molecule has 0 saturated carbocycles. The molecule has 1 aliphatic carbocycles. The van der Waals surface area contributed by atoms with Crippen molar-refractivity contribution in [3.63, 3.8) is 0 Å². The van der Waals surface area contributed by atoms with E-state index in [2.05, 4.69) is 16.0 Å². The molecule has 0 atom stereocenters. The van der Waals surface area contributed by atoms with Crippen LogP contribution in [0.15, 0.2) is 59.5 Å². The fourth-order valence-corrected chi connectivity index (χ4v) is 3.53. The lowest BCUT2D eigenvalue weighted by Crippen LogP contribution is -2.13. The summed E-state index contributed by atoms with van der Waals surface area (Å²) < 4.78 is 1.84. The number of nitrogens with zero attached hydrogens (tertiary/aromatic N) is 2. The molecular weight excluding hydrogens is 366 g/mol. The van der Waals surface area contributed by atoms with Crippen molar-refractivity contribution < 1.29 is 9.90 Å².